The zero-order chi connectivity index (χ0) is 15.7. The van der Waals surface area contributed by atoms with Gasteiger partial charge in [0, 0.05) is 38.4 Å². The second-order valence-electron chi connectivity index (χ2n) is 5.82. The Morgan fingerprint density at radius 2 is 2.14 bits per heavy atom. The van der Waals surface area contributed by atoms with Crippen LogP contribution in [0.4, 0.5) is 0 Å². The summed E-state index contributed by atoms with van der Waals surface area (Å²) in [5.74, 6) is 2.88. The van der Waals surface area contributed by atoms with Crippen molar-refractivity contribution in [1.82, 2.24) is 15.1 Å². The van der Waals surface area contributed by atoms with Crippen molar-refractivity contribution in [2.45, 2.75) is 44.9 Å². The monoisotopic (exact) mass is 325 g/mol. The highest BCUT2D eigenvalue weighted by Gasteiger charge is 2.27. The van der Waals surface area contributed by atoms with Gasteiger partial charge in [0.1, 0.15) is 15.6 Å². The predicted molar refractivity (Wildman–Crippen MR) is 78.3 cm³/mol. The van der Waals surface area contributed by atoms with Crippen molar-refractivity contribution in [2.24, 2.45) is 0 Å². The van der Waals surface area contributed by atoms with Crippen molar-refractivity contribution in [3.05, 3.63) is 29.1 Å². The van der Waals surface area contributed by atoms with E-state index in [0.29, 0.717) is 24.0 Å². The lowest BCUT2D eigenvalue weighted by molar-refractivity contribution is 0.353. The maximum atomic E-state index is 11.2. The van der Waals surface area contributed by atoms with E-state index in [1.807, 2.05) is 6.92 Å². The SMILES string of the molecule is Cc1nc2c(o1)CCCC2Cc1nc(CCS(C)(=O)=O)no1. The summed E-state index contributed by atoms with van der Waals surface area (Å²) in [7, 11) is -3.02. The molecule has 0 spiro atoms. The Bertz CT molecular complexity index is 763. The maximum Gasteiger partial charge on any atom is 0.227 e. The first kappa shape index (κ1) is 15.2. The van der Waals surface area contributed by atoms with Gasteiger partial charge in [0.15, 0.2) is 11.7 Å². The fraction of sp³-hybridized carbons (Fsp3) is 0.643. The van der Waals surface area contributed by atoms with Crippen molar-refractivity contribution < 1.29 is 17.4 Å². The third-order valence-electron chi connectivity index (χ3n) is 3.81. The zero-order valence-electron chi connectivity index (χ0n) is 12.7. The summed E-state index contributed by atoms with van der Waals surface area (Å²) in [6.07, 6.45) is 5.09. The van der Waals surface area contributed by atoms with Crippen LogP contribution in [-0.2, 0) is 29.1 Å². The molecule has 0 amide bonds. The van der Waals surface area contributed by atoms with E-state index in [2.05, 4.69) is 15.1 Å². The molecule has 1 aliphatic rings. The third kappa shape index (κ3) is 3.55. The van der Waals surface area contributed by atoms with Crippen molar-refractivity contribution in [1.29, 1.82) is 0 Å². The number of aromatic nitrogens is 3. The van der Waals surface area contributed by atoms with Gasteiger partial charge in [0.2, 0.25) is 5.89 Å². The first-order valence-electron chi connectivity index (χ1n) is 7.36. The highest BCUT2D eigenvalue weighted by Crippen LogP contribution is 2.33. The third-order valence-corrected chi connectivity index (χ3v) is 4.75. The number of nitrogens with zero attached hydrogens (tertiary/aromatic N) is 3. The molecule has 2 aromatic rings. The van der Waals surface area contributed by atoms with Crippen LogP contribution in [-0.4, -0.2) is 35.6 Å². The quantitative estimate of drug-likeness (QED) is 0.823. The van der Waals surface area contributed by atoms with Gasteiger partial charge >= 0.3 is 0 Å². The molecule has 2 aromatic heterocycles. The van der Waals surface area contributed by atoms with Gasteiger partial charge in [-0.3, -0.25) is 0 Å². The number of hydrogen-bond donors (Lipinski definition) is 0. The van der Waals surface area contributed by atoms with Gasteiger partial charge in [0.25, 0.3) is 0 Å². The molecule has 1 atom stereocenters. The Hall–Kier alpha value is -1.70. The Balaban J connectivity index is 1.68. The normalized spacial score (nSPS) is 18.4. The lowest BCUT2D eigenvalue weighted by Crippen LogP contribution is -2.12. The second kappa shape index (κ2) is 5.83. The van der Waals surface area contributed by atoms with Crippen molar-refractivity contribution >= 4 is 9.84 Å². The van der Waals surface area contributed by atoms with E-state index in [1.54, 1.807) is 0 Å². The van der Waals surface area contributed by atoms with Crippen LogP contribution < -0.4 is 0 Å². The number of sulfone groups is 1. The molecule has 8 heteroatoms. The first-order valence-corrected chi connectivity index (χ1v) is 9.42. The molecule has 120 valence electrons. The van der Waals surface area contributed by atoms with Crippen LogP contribution in [0.2, 0.25) is 0 Å². The van der Waals surface area contributed by atoms with Gasteiger partial charge in [-0.05, 0) is 12.8 Å². The Morgan fingerprint density at radius 1 is 1.32 bits per heavy atom. The average Bonchev–Trinajstić information content (AvgIpc) is 3.02. The van der Waals surface area contributed by atoms with Crippen LogP contribution in [0.3, 0.4) is 0 Å². The van der Waals surface area contributed by atoms with Crippen LogP contribution in [0.25, 0.3) is 0 Å². The molecule has 0 fully saturated rings. The highest BCUT2D eigenvalue weighted by atomic mass is 32.2. The van der Waals surface area contributed by atoms with E-state index in [1.165, 1.54) is 6.26 Å². The molecular weight excluding hydrogens is 306 g/mol. The molecule has 1 aliphatic carbocycles. The standard InChI is InChI=1S/C14H19N3O4S/c1-9-15-14-10(4-3-5-11(14)20-9)8-13-16-12(17-21-13)6-7-22(2,18)19/h10H,3-8H2,1-2H3. The predicted octanol–water partition coefficient (Wildman–Crippen LogP) is 1.62. The minimum absolute atomic E-state index is 0.0298. The van der Waals surface area contributed by atoms with E-state index in [4.69, 9.17) is 8.94 Å². The van der Waals surface area contributed by atoms with Crippen LogP contribution in [0, 0.1) is 6.92 Å². The van der Waals surface area contributed by atoms with Crippen molar-refractivity contribution in [2.75, 3.05) is 12.0 Å². The van der Waals surface area contributed by atoms with E-state index < -0.39 is 9.84 Å². The minimum atomic E-state index is -3.02. The largest absolute Gasteiger partial charge is 0.446 e. The van der Waals surface area contributed by atoms with Crippen LogP contribution in [0.15, 0.2) is 8.94 Å². The summed E-state index contributed by atoms with van der Waals surface area (Å²) in [5, 5.41) is 3.85. The summed E-state index contributed by atoms with van der Waals surface area (Å²) < 4.78 is 33.2. The summed E-state index contributed by atoms with van der Waals surface area (Å²) >= 11 is 0. The number of oxazole rings is 1. The van der Waals surface area contributed by atoms with Crippen LogP contribution in [0.1, 0.15) is 47.8 Å². The van der Waals surface area contributed by atoms with E-state index in [0.717, 1.165) is 30.7 Å². The molecule has 1 unspecified atom stereocenters. The number of rotatable bonds is 5. The second-order valence-corrected chi connectivity index (χ2v) is 8.08. The van der Waals surface area contributed by atoms with Gasteiger partial charge in [-0.15, -0.1) is 0 Å². The molecule has 0 saturated heterocycles. The first-order chi connectivity index (χ1) is 10.4. The molecular formula is C14H19N3O4S. The van der Waals surface area contributed by atoms with Crippen LogP contribution in [0.5, 0.6) is 0 Å². The Kier molecular flexibility index (Phi) is 4.03. The molecule has 22 heavy (non-hydrogen) atoms. The van der Waals surface area contributed by atoms with Gasteiger partial charge in [-0.2, -0.15) is 4.98 Å². The van der Waals surface area contributed by atoms with Crippen LogP contribution >= 0.6 is 0 Å². The molecule has 0 N–H and O–H groups in total. The lowest BCUT2D eigenvalue weighted by atomic mass is 9.88. The number of aryl methyl sites for hydroxylation is 3. The molecule has 0 radical (unpaired) electrons. The summed E-state index contributed by atoms with van der Waals surface area (Å²) in [6.45, 7) is 1.85. The molecule has 0 bridgehead atoms. The fourth-order valence-electron chi connectivity index (χ4n) is 2.79. The smallest absolute Gasteiger partial charge is 0.227 e. The lowest BCUT2D eigenvalue weighted by Gasteiger charge is -2.17. The van der Waals surface area contributed by atoms with E-state index >= 15 is 0 Å². The number of hydrogen-bond acceptors (Lipinski definition) is 7. The summed E-state index contributed by atoms with van der Waals surface area (Å²) in [5.41, 5.74) is 1.000. The topological polar surface area (TPSA) is 99.1 Å². The molecule has 3 rings (SSSR count). The number of fused-ring (bicyclic) bond motifs is 1. The van der Waals surface area contributed by atoms with Gasteiger partial charge in [-0.25, -0.2) is 13.4 Å². The molecule has 0 saturated carbocycles. The van der Waals surface area contributed by atoms with Crippen molar-refractivity contribution in [3.8, 4) is 0 Å². The highest BCUT2D eigenvalue weighted by molar-refractivity contribution is 7.90. The maximum absolute atomic E-state index is 11.2. The zero-order valence-corrected chi connectivity index (χ0v) is 13.5. The van der Waals surface area contributed by atoms with Gasteiger partial charge in [0.05, 0.1) is 11.4 Å². The molecule has 0 aliphatic heterocycles. The Labute approximate surface area is 129 Å². The molecule has 7 nitrogen and oxygen atoms in total. The summed E-state index contributed by atoms with van der Waals surface area (Å²) in [6, 6.07) is 0. The Morgan fingerprint density at radius 3 is 2.91 bits per heavy atom. The van der Waals surface area contributed by atoms with Crippen molar-refractivity contribution in [3.63, 3.8) is 0 Å². The summed E-state index contributed by atoms with van der Waals surface area (Å²) in [4.78, 5) is 8.75. The van der Waals surface area contributed by atoms with E-state index in [9.17, 15) is 8.42 Å². The van der Waals surface area contributed by atoms with Gasteiger partial charge < -0.3 is 8.94 Å². The molecule has 2 heterocycles. The molecule has 0 aromatic carbocycles. The fourth-order valence-corrected chi connectivity index (χ4v) is 3.34. The minimum Gasteiger partial charge on any atom is -0.446 e. The van der Waals surface area contributed by atoms with Gasteiger partial charge in [-0.1, -0.05) is 5.16 Å². The average molecular weight is 325 g/mol. The van der Waals surface area contributed by atoms with E-state index in [-0.39, 0.29) is 18.1 Å².